The van der Waals surface area contributed by atoms with Crippen LogP contribution in [0, 0.1) is 5.41 Å². The number of Topliss-reactive ketones (excluding diaryl/α,β-unsaturated/α-hetero) is 1. The van der Waals surface area contributed by atoms with Gasteiger partial charge in [0.25, 0.3) is 0 Å². The number of aliphatic hydroxyl groups is 1. The van der Waals surface area contributed by atoms with Crippen molar-refractivity contribution in [3.63, 3.8) is 0 Å². The van der Waals surface area contributed by atoms with Crippen LogP contribution in [-0.4, -0.2) is 35.5 Å². The van der Waals surface area contributed by atoms with Gasteiger partial charge in [-0.15, -0.1) is 6.58 Å². The number of ether oxygens (including phenoxy) is 2. The molecule has 0 radical (unpaired) electrons. The van der Waals surface area contributed by atoms with Gasteiger partial charge in [-0.1, -0.05) is 6.08 Å². The van der Waals surface area contributed by atoms with Crippen molar-refractivity contribution in [1.82, 2.24) is 0 Å². The molecule has 0 aromatic carbocycles. The molecule has 0 amide bonds. The quantitative estimate of drug-likeness (QED) is 0.776. The summed E-state index contributed by atoms with van der Waals surface area (Å²) in [4.78, 5) is 12.6. The van der Waals surface area contributed by atoms with Crippen LogP contribution in [0.25, 0.3) is 0 Å². The molecule has 1 aliphatic carbocycles. The van der Waals surface area contributed by atoms with E-state index in [0.29, 0.717) is 17.6 Å². The average molecular weight is 266 g/mol. The predicted octanol–water partition coefficient (Wildman–Crippen LogP) is 1.98. The minimum Gasteiger partial charge on any atom is -0.384 e. The largest absolute Gasteiger partial charge is 0.384 e. The second kappa shape index (κ2) is 4.27. The molecule has 1 spiro atoms. The number of rotatable bonds is 2. The Morgan fingerprint density at radius 1 is 1.32 bits per heavy atom. The number of hydrogen-bond donors (Lipinski definition) is 1. The van der Waals surface area contributed by atoms with Crippen molar-refractivity contribution in [3.8, 4) is 0 Å². The first-order valence-electron chi connectivity index (χ1n) is 6.54. The van der Waals surface area contributed by atoms with Gasteiger partial charge in [-0.05, 0) is 45.3 Å². The SMILES string of the molecule is C=CC[C@]1(O)C(C)=C(C)C(=O)C12COC(C)(C)OC2. The molecule has 1 fully saturated rings. The smallest absolute Gasteiger partial charge is 0.172 e. The van der Waals surface area contributed by atoms with E-state index in [4.69, 9.17) is 9.47 Å². The van der Waals surface area contributed by atoms with Gasteiger partial charge in [-0.25, -0.2) is 0 Å². The third-order valence-corrected chi connectivity index (χ3v) is 4.52. The van der Waals surface area contributed by atoms with Crippen LogP contribution in [-0.2, 0) is 14.3 Å². The second-order valence-corrected chi connectivity index (χ2v) is 5.99. The highest BCUT2D eigenvalue weighted by atomic mass is 16.7. The Morgan fingerprint density at radius 2 is 1.84 bits per heavy atom. The van der Waals surface area contributed by atoms with Crippen LogP contribution in [0.3, 0.4) is 0 Å². The Balaban J connectivity index is 2.45. The number of allylic oxidation sites excluding steroid dienone is 1. The maximum atomic E-state index is 12.6. The van der Waals surface area contributed by atoms with Crippen LogP contribution in [0.15, 0.2) is 23.8 Å². The van der Waals surface area contributed by atoms with Crippen LogP contribution in [0.2, 0.25) is 0 Å². The molecular formula is C15H22O4. The standard InChI is InChI=1S/C15H22O4/c1-6-7-15(17)11(3)10(2)12(16)14(15)8-18-13(4,5)19-9-14/h6,17H,1,7-9H2,2-5H3/t15-/m0/s1. The zero-order valence-corrected chi connectivity index (χ0v) is 12.1. The summed E-state index contributed by atoms with van der Waals surface area (Å²) < 4.78 is 11.3. The van der Waals surface area contributed by atoms with E-state index in [2.05, 4.69) is 6.58 Å². The third-order valence-electron chi connectivity index (χ3n) is 4.52. The highest BCUT2D eigenvalue weighted by Crippen LogP contribution is 2.52. The van der Waals surface area contributed by atoms with Crippen LogP contribution in [0.1, 0.15) is 34.1 Å². The van der Waals surface area contributed by atoms with Crippen molar-refractivity contribution >= 4 is 5.78 Å². The molecule has 0 aromatic heterocycles. The molecule has 4 nitrogen and oxygen atoms in total. The molecular weight excluding hydrogens is 244 g/mol. The number of carbonyl (C=O) groups is 1. The van der Waals surface area contributed by atoms with Gasteiger partial charge in [0.2, 0.25) is 0 Å². The van der Waals surface area contributed by atoms with Crippen molar-refractivity contribution < 1.29 is 19.4 Å². The Hall–Kier alpha value is -0.970. The second-order valence-electron chi connectivity index (χ2n) is 5.99. The molecule has 19 heavy (non-hydrogen) atoms. The summed E-state index contributed by atoms with van der Waals surface area (Å²) in [7, 11) is 0. The highest BCUT2D eigenvalue weighted by Gasteiger charge is 2.63. The predicted molar refractivity (Wildman–Crippen MR) is 71.6 cm³/mol. The van der Waals surface area contributed by atoms with E-state index in [1.165, 1.54) is 0 Å². The van der Waals surface area contributed by atoms with Crippen LogP contribution in [0.4, 0.5) is 0 Å². The molecule has 1 heterocycles. The number of ketones is 1. The van der Waals surface area contributed by atoms with E-state index in [0.717, 1.165) is 0 Å². The first kappa shape index (κ1) is 14.4. The first-order chi connectivity index (χ1) is 8.70. The van der Waals surface area contributed by atoms with E-state index in [1.807, 2.05) is 0 Å². The minimum absolute atomic E-state index is 0.0788. The maximum absolute atomic E-state index is 12.6. The lowest BCUT2D eigenvalue weighted by atomic mass is 9.69. The summed E-state index contributed by atoms with van der Waals surface area (Å²) in [6, 6.07) is 0. The lowest BCUT2D eigenvalue weighted by Gasteiger charge is -2.47. The van der Waals surface area contributed by atoms with Gasteiger partial charge in [0.15, 0.2) is 11.6 Å². The Morgan fingerprint density at radius 3 is 2.32 bits per heavy atom. The van der Waals surface area contributed by atoms with Crippen molar-refractivity contribution in [2.75, 3.05) is 13.2 Å². The molecule has 0 unspecified atom stereocenters. The van der Waals surface area contributed by atoms with E-state index < -0.39 is 16.8 Å². The Kier molecular flexibility index (Phi) is 3.24. The van der Waals surface area contributed by atoms with E-state index in [1.54, 1.807) is 33.8 Å². The molecule has 1 N–H and O–H groups in total. The first-order valence-corrected chi connectivity index (χ1v) is 6.54. The molecule has 4 heteroatoms. The molecule has 0 bridgehead atoms. The minimum atomic E-state index is -1.26. The van der Waals surface area contributed by atoms with Crippen molar-refractivity contribution in [1.29, 1.82) is 0 Å². The summed E-state index contributed by atoms with van der Waals surface area (Å²) in [5, 5.41) is 11.0. The van der Waals surface area contributed by atoms with Crippen LogP contribution in [0.5, 0.6) is 0 Å². The maximum Gasteiger partial charge on any atom is 0.172 e. The highest BCUT2D eigenvalue weighted by molar-refractivity contribution is 6.05. The van der Waals surface area contributed by atoms with Gasteiger partial charge < -0.3 is 14.6 Å². The van der Waals surface area contributed by atoms with Crippen molar-refractivity contribution in [3.05, 3.63) is 23.8 Å². The summed E-state index contributed by atoms with van der Waals surface area (Å²) in [6.45, 7) is 11.2. The zero-order chi connectivity index (χ0) is 14.5. The fraction of sp³-hybridized carbons (Fsp3) is 0.667. The number of carbonyl (C=O) groups excluding carboxylic acids is 1. The van der Waals surface area contributed by atoms with Gasteiger partial charge in [0.1, 0.15) is 11.0 Å². The summed E-state index contributed by atoms with van der Waals surface area (Å²) >= 11 is 0. The summed E-state index contributed by atoms with van der Waals surface area (Å²) in [5.41, 5.74) is -0.988. The van der Waals surface area contributed by atoms with E-state index >= 15 is 0 Å². The molecule has 1 atom stereocenters. The van der Waals surface area contributed by atoms with E-state index in [9.17, 15) is 9.90 Å². The van der Waals surface area contributed by atoms with Crippen LogP contribution >= 0.6 is 0 Å². The van der Waals surface area contributed by atoms with Gasteiger partial charge in [0.05, 0.1) is 13.2 Å². The third kappa shape index (κ3) is 1.82. The molecule has 0 saturated carbocycles. The normalized spacial score (nSPS) is 33.0. The molecule has 106 valence electrons. The Labute approximate surface area is 114 Å². The zero-order valence-electron chi connectivity index (χ0n) is 12.1. The lowest BCUT2D eigenvalue weighted by molar-refractivity contribution is -0.298. The molecule has 2 aliphatic rings. The number of hydrogen-bond acceptors (Lipinski definition) is 4. The summed E-state index contributed by atoms with van der Waals surface area (Å²) in [6.07, 6.45) is 1.95. The molecule has 1 aliphatic heterocycles. The van der Waals surface area contributed by atoms with Gasteiger partial charge >= 0.3 is 0 Å². The Bertz CT molecular complexity index is 451. The van der Waals surface area contributed by atoms with E-state index in [-0.39, 0.29) is 19.0 Å². The topological polar surface area (TPSA) is 55.8 Å². The monoisotopic (exact) mass is 266 g/mol. The van der Waals surface area contributed by atoms with Gasteiger partial charge in [0, 0.05) is 0 Å². The van der Waals surface area contributed by atoms with Crippen molar-refractivity contribution in [2.45, 2.75) is 45.5 Å². The van der Waals surface area contributed by atoms with Gasteiger partial charge in [-0.2, -0.15) is 0 Å². The van der Waals surface area contributed by atoms with Crippen LogP contribution < -0.4 is 0 Å². The molecule has 2 rings (SSSR count). The summed E-state index contributed by atoms with van der Waals surface area (Å²) in [5.74, 6) is -0.796. The average Bonchev–Trinajstić information content (AvgIpc) is 2.48. The fourth-order valence-electron chi connectivity index (χ4n) is 2.99. The lowest BCUT2D eigenvalue weighted by Crippen LogP contribution is -2.60. The molecule has 1 saturated heterocycles. The van der Waals surface area contributed by atoms with Gasteiger partial charge in [-0.3, -0.25) is 4.79 Å². The molecule has 0 aromatic rings. The fourth-order valence-corrected chi connectivity index (χ4v) is 2.99. The van der Waals surface area contributed by atoms with Crippen molar-refractivity contribution in [2.24, 2.45) is 5.41 Å².